The molecule has 0 spiro atoms. The normalized spacial score (nSPS) is 8.00. The zero-order chi connectivity index (χ0) is 13.0. The van der Waals surface area contributed by atoms with E-state index in [9.17, 15) is 0 Å². The van der Waals surface area contributed by atoms with E-state index in [2.05, 4.69) is 27.7 Å². The summed E-state index contributed by atoms with van der Waals surface area (Å²) in [6, 6.07) is 0. The van der Waals surface area contributed by atoms with Crippen molar-refractivity contribution in [3.8, 4) is 0 Å². The molecule has 0 aromatic carbocycles. The van der Waals surface area contributed by atoms with Gasteiger partial charge in [0.1, 0.15) is 0 Å². The molecular formula is C10H20O4Sn. The number of carbonyl (C=O) groups excluding carboxylic acids is 2. The Labute approximate surface area is 102 Å². The summed E-state index contributed by atoms with van der Waals surface area (Å²) in [5.74, 6) is -2.17. The number of carbonyl (C=O) groups is 2. The molecule has 88 valence electrons. The molecule has 0 saturated heterocycles. The number of aliphatic carboxylic acids is 2. The van der Waals surface area contributed by atoms with Crippen molar-refractivity contribution >= 4 is 33.1 Å². The molecule has 0 rings (SSSR count). The third kappa shape index (κ3) is 135. The molecule has 4 nitrogen and oxygen atoms in total. The first-order valence-electron chi connectivity index (χ1n) is 4.70. The van der Waals surface area contributed by atoms with Gasteiger partial charge in [0, 0.05) is 11.9 Å². The SMILES string of the molecule is CC(=O)[O-].CC(=O)[O-].C[CH](C)[Sn+2][CH](C)C. The summed E-state index contributed by atoms with van der Waals surface area (Å²) in [7, 11) is 0. The van der Waals surface area contributed by atoms with Crippen molar-refractivity contribution in [2.24, 2.45) is 0 Å². The van der Waals surface area contributed by atoms with E-state index in [1.54, 1.807) is 0 Å². The fraction of sp³-hybridized carbons (Fsp3) is 0.800. The topological polar surface area (TPSA) is 80.3 Å². The second-order valence-electron chi connectivity index (χ2n) is 3.46. The van der Waals surface area contributed by atoms with Crippen molar-refractivity contribution in [1.82, 2.24) is 0 Å². The van der Waals surface area contributed by atoms with Crippen molar-refractivity contribution in [1.29, 1.82) is 0 Å². The van der Waals surface area contributed by atoms with Crippen molar-refractivity contribution < 1.29 is 19.8 Å². The molecule has 0 aliphatic carbocycles. The summed E-state index contributed by atoms with van der Waals surface area (Å²) in [5.41, 5.74) is 0. The Balaban J connectivity index is -0.000000155. The maximum atomic E-state index is 8.89. The molecule has 0 atom stereocenters. The molecule has 0 N–H and O–H groups in total. The summed E-state index contributed by atoms with van der Waals surface area (Å²) in [4.78, 5) is 17.8. The predicted octanol–water partition coefficient (Wildman–Crippen LogP) is -0.140. The zero-order valence-electron chi connectivity index (χ0n) is 10.3. The Morgan fingerprint density at radius 1 is 0.867 bits per heavy atom. The van der Waals surface area contributed by atoms with Crippen LogP contribution in [0.5, 0.6) is 0 Å². The van der Waals surface area contributed by atoms with Crippen LogP contribution < -0.4 is 10.2 Å². The van der Waals surface area contributed by atoms with Crippen molar-refractivity contribution in [3.05, 3.63) is 0 Å². The van der Waals surface area contributed by atoms with E-state index >= 15 is 0 Å². The van der Waals surface area contributed by atoms with Crippen LogP contribution in [0.3, 0.4) is 0 Å². The van der Waals surface area contributed by atoms with E-state index in [-0.39, 0.29) is 21.1 Å². The van der Waals surface area contributed by atoms with Crippen LogP contribution in [0.15, 0.2) is 0 Å². The molecule has 0 fully saturated rings. The van der Waals surface area contributed by atoms with Gasteiger partial charge in [0.15, 0.2) is 0 Å². The number of carboxylic acid groups (broad SMARTS) is 2. The minimum absolute atomic E-state index is 0.0389. The molecule has 0 aromatic rings. The third-order valence-electron chi connectivity index (χ3n) is 0.667. The molecule has 0 bridgehead atoms. The molecule has 0 aliphatic rings. The van der Waals surface area contributed by atoms with Gasteiger partial charge in [-0.3, -0.25) is 0 Å². The number of rotatable bonds is 2. The summed E-state index contributed by atoms with van der Waals surface area (Å²) >= 11 is 0.0389. The first-order chi connectivity index (χ1) is 6.59. The maximum absolute atomic E-state index is 8.89. The van der Waals surface area contributed by atoms with Crippen molar-refractivity contribution in [3.63, 3.8) is 0 Å². The first-order valence-corrected chi connectivity index (χ1v) is 8.00. The molecule has 0 radical (unpaired) electrons. The van der Waals surface area contributed by atoms with Gasteiger partial charge in [0.25, 0.3) is 0 Å². The Hall–Kier alpha value is -0.261. The minimum atomic E-state index is -1.08. The monoisotopic (exact) mass is 324 g/mol. The van der Waals surface area contributed by atoms with Gasteiger partial charge in [-0.2, -0.15) is 0 Å². The van der Waals surface area contributed by atoms with Gasteiger partial charge in [0.05, 0.1) is 0 Å². The molecule has 0 saturated carbocycles. The van der Waals surface area contributed by atoms with Gasteiger partial charge in [-0.25, -0.2) is 0 Å². The van der Waals surface area contributed by atoms with Crippen LogP contribution in [0.1, 0.15) is 41.5 Å². The number of hydrogen-bond donors (Lipinski definition) is 0. The van der Waals surface area contributed by atoms with Crippen molar-refractivity contribution in [2.75, 3.05) is 0 Å². The third-order valence-corrected chi connectivity index (χ3v) is 4.47. The Kier molecular flexibility index (Phi) is 18.5. The molecule has 0 aliphatic heterocycles. The second-order valence-corrected chi connectivity index (χ2v) is 11.0. The summed E-state index contributed by atoms with van der Waals surface area (Å²) in [5, 5.41) is 17.8. The van der Waals surface area contributed by atoms with E-state index in [1.807, 2.05) is 0 Å². The average molecular weight is 323 g/mol. The van der Waals surface area contributed by atoms with Gasteiger partial charge < -0.3 is 19.8 Å². The van der Waals surface area contributed by atoms with E-state index in [4.69, 9.17) is 19.8 Å². The van der Waals surface area contributed by atoms with Crippen LogP contribution in [0.4, 0.5) is 0 Å². The Bertz CT molecular complexity index is 141. The van der Waals surface area contributed by atoms with Gasteiger partial charge in [-0.05, 0) is 13.8 Å². The van der Waals surface area contributed by atoms with Gasteiger partial charge >= 0.3 is 56.7 Å². The molecule has 0 unspecified atom stereocenters. The van der Waals surface area contributed by atoms with Gasteiger partial charge in [-0.15, -0.1) is 0 Å². The molecule has 0 heterocycles. The van der Waals surface area contributed by atoms with Crippen LogP contribution >= 0.6 is 0 Å². The van der Waals surface area contributed by atoms with E-state index in [0.717, 1.165) is 21.7 Å². The van der Waals surface area contributed by atoms with E-state index in [0.29, 0.717) is 0 Å². The van der Waals surface area contributed by atoms with Gasteiger partial charge in [0.2, 0.25) is 0 Å². The fourth-order valence-electron chi connectivity index (χ4n) is 0.667. The van der Waals surface area contributed by atoms with Gasteiger partial charge in [-0.1, -0.05) is 0 Å². The van der Waals surface area contributed by atoms with E-state index < -0.39 is 11.9 Å². The number of carboxylic acids is 2. The van der Waals surface area contributed by atoms with Crippen LogP contribution in [0, 0.1) is 0 Å². The van der Waals surface area contributed by atoms with Crippen LogP contribution in [0.2, 0.25) is 7.87 Å². The second kappa shape index (κ2) is 13.7. The Morgan fingerprint density at radius 2 is 1.00 bits per heavy atom. The molecule has 0 amide bonds. The summed E-state index contributed by atoms with van der Waals surface area (Å²) in [6.07, 6.45) is 0. The fourth-order valence-corrected chi connectivity index (χ4v) is 4.47. The first kappa shape index (κ1) is 20.2. The average Bonchev–Trinajstić information content (AvgIpc) is 1.78. The molecule has 15 heavy (non-hydrogen) atoms. The predicted molar refractivity (Wildman–Crippen MR) is 57.3 cm³/mol. The molecular weight excluding hydrogens is 303 g/mol. The van der Waals surface area contributed by atoms with Crippen molar-refractivity contribution in [2.45, 2.75) is 49.4 Å². The van der Waals surface area contributed by atoms with E-state index in [1.165, 1.54) is 0 Å². The summed E-state index contributed by atoms with van der Waals surface area (Å²) < 4.78 is 2.09. The Morgan fingerprint density at radius 3 is 1.00 bits per heavy atom. The van der Waals surface area contributed by atoms with Crippen LogP contribution in [0.25, 0.3) is 0 Å². The summed E-state index contributed by atoms with van der Waals surface area (Å²) in [6.45, 7) is 11.3. The zero-order valence-corrected chi connectivity index (χ0v) is 13.1. The van der Waals surface area contributed by atoms with Crippen LogP contribution in [-0.4, -0.2) is 33.1 Å². The quantitative estimate of drug-likeness (QED) is 0.663. The van der Waals surface area contributed by atoms with Crippen LogP contribution in [-0.2, 0) is 9.59 Å². The number of hydrogen-bond acceptors (Lipinski definition) is 4. The molecule has 0 aromatic heterocycles. The standard InChI is InChI=1S/2C3H7.2C2H4O2.Sn/c2*1-3-2;2*1-2(3)4;/h2*3H,1-2H3;2*1H3,(H,3,4);/q;;;;+2/p-2. The molecule has 5 heteroatoms.